The van der Waals surface area contributed by atoms with E-state index in [-0.39, 0.29) is 12.0 Å². The minimum atomic E-state index is -0.0453. The summed E-state index contributed by atoms with van der Waals surface area (Å²) in [4.78, 5) is 18.2. The number of carbonyl (C=O) groups is 1. The molecule has 0 spiro atoms. The smallest absolute Gasteiger partial charge is 0.272 e. The highest BCUT2D eigenvalue weighted by atomic mass is 16.5. The van der Waals surface area contributed by atoms with Gasteiger partial charge in [0, 0.05) is 31.4 Å². The third kappa shape index (κ3) is 4.17. The second-order valence-electron chi connectivity index (χ2n) is 5.51. The highest BCUT2D eigenvalue weighted by Gasteiger charge is 2.21. The second kappa shape index (κ2) is 7.41. The quantitative estimate of drug-likeness (QED) is 0.903. The van der Waals surface area contributed by atoms with Crippen molar-refractivity contribution in [1.29, 1.82) is 0 Å². The molecule has 1 aromatic rings. The number of nitrogens with zero attached hydrogens (tertiary/aromatic N) is 2. The van der Waals surface area contributed by atoms with Crippen molar-refractivity contribution in [2.24, 2.45) is 5.73 Å². The molecule has 1 amide bonds. The molecule has 2 rings (SSSR count). The van der Waals surface area contributed by atoms with Crippen LogP contribution in [0.15, 0.2) is 18.3 Å². The Balaban J connectivity index is 2.02. The fourth-order valence-electron chi connectivity index (χ4n) is 2.67. The number of ether oxygens (including phenoxy) is 1. The van der Waals surface area contributed by atoms with Crippen LogP contribution in [0.4, 0.5) is 0 Å². The van der Waals surface area contributed by atoms with Crippen molar-refractivity contribution in [2.45, 2.75) is 51.7 Å². The van der Waals surface area contributed by atoms with Gasteiger partial charge in [-0.25, -0.2) is 0 Å². The van der Waals surface area contributed by atoms with Gasteiger partial charge in [0.15, 0.2) is 0 Å². The molecule has 1 saturated carbocycles. The molecular formula is C16H25N3O2. The van der Waals surface area contributed by atoms with Crippen molar-refractivity contribution in [3.63, 3.8) is 0 Å². The van der Waals surface area contributed by atoms with E-state index in [1.54, 1.807) is 17.2 Å². The Hall–Kier alpha value is -1.62. The zero-order valence-electron chi connectivity index (χ0n) is 12.9. The van der Waals surface area contributed by atoms with Crippen LogP contribution in [0, 0.1) is 0 Å². The molecule has 2 N–H and O–H groups in total. The first-order valence-corrected chi connectivity index (χ1v) is 7.81. The molecule has 0 radical (unpaired) electrons. The fourth-order valence-corrected chi connectivity index (χ4v) is 2.67. The first kappa shape index (κ1) is 15.8. The summed E-state index contributed by atoms with van der Waals surface area (Å²) < 4.78 is 5.98. The summed E-state index contributed by atoms with van der Waals surface area (Å²) in [5.41, 5.74) is 6.35. The van der Waals surface area contributed by atoms with Gasteiger partial charge >= 0.3 is 0 Å². The van der Waals surface area contributed by atoms with Gasteiger partial charge in [0.2, 0.25) is 0 Å². The van der Waals surface area contributed by atoms with E-state index in [1.807, 2.05) is 19.9 Å². The summed E-state index contributed by atoms with van der Waals surface area (Å²) >= 11 is 0. The molecule has 0 atom stereocenters. The van der Waals surface area contributed by atoms with Crippen LogP contribution in [-0.4, -0.2) is 41.0 Å². The fraction of sp³-hybridized carbons (Fsp3) is 0.625. The van der Waals surface area contributed by atoms with Crippen molar-refractivity contribution < 1.29 is 9.53 Å². The molecule has 1 aromatic heterocycles. The highest BCUT2D eigenvalue weighted by molar-refractivity contribution is 5.92. The van der Waals surface area contributed by atoms with Crippen LogP contribution in [0.25, 0.3) is 0 Å². The zero-order valence-corrected chi connectivity index (χ0v) is 12.9. The monoisotopic (exact) mass is 291 g/mol. The molecule has 0 saturated heterocycles. The average Bonchev–Trinajstić information content (AvgIpc) is 2.51. The van der Waals surface area contributed by atoms with Gasteiger partial charge in [0.05, 0.1) is 6.10 Å². The van der Waals surface area contributed by atoms with Crippen LogP contribution in [0.1, 0.15) is 50.0 Å². The standard InChI is InChI=1S/C16H25N3O2/c1-3-19(4-2)16(20)15-11-14(9-10-18-15)21-13-7-5-12(17)6-8-13/h9-13H,3-8,17H2,1-2H3. The third-order valence-corrected chi connectivity index (χ3v) is 4.02. The first-order valence-electron chi connectivity index (χ1n) is 7.81. The first-order chi connectivity index (χ1) is 10.1. The molecule has 0 unspecified atom stereocenters. The normalized spacial score (nSPS) is 21.9. The minimum absolute atomic E-state index is 0.0453. The maximum absolute atomic E-state index is 12.3. The van der Waals surface area contributed by atoms with Crippen molar-refractivity contribution in [3.05, 3.63) is 24.0 Å². The Kier molecular flexibility index (Phi) is 5.56. The molecule has 5 nitrogen and oxygen atoms in total. The van der Waals surface area contributed by atoms with Gasteiger partial charge in [-0.2, -0.15) is 0 Å². The summed E-state index contributed by atoms with van der Waals surface area (Å²) in [7, 11) is 0. The minimum Gasteiger partial charge on any atom is -0.490 e. The summed E-state index contributed by atoms with van der Waals surface area (Å²) in [6.07, 6.45) is 5.79. The molecule has 0 aliphatic heterocycles. The van der Waals surface area contributed by atoms with Crippen LogP contribution >= 0.6 is 0 Å². The number of amides is 1. The molecule has 1 aliphatic carbocycles. The van der Waals surface area contributed by atoms with E-state index in [4.69, 9.17) is 10.5 Å². The van der Waals surface area contributed by atoms with E-state index in [0.29, 0.717) is 24.8 Å². The van der Waals surface area contributed by atoms with E-state index < -0.39 is 0 Å². The Bertz CT molecular complexity index is 466. The predicted molar refractivity (Wildman–Crippen MR) is 82.3 cm³/mol. The molecule has 1 heterocycles. The maximum Gasteiger partial charge on any atom is 0.272 e. The lowest BCUT2D eigenvalue weighted by Crippen LogP contribution is -2.32. The van der Waals surface area contributed by atoms with Crippen molar-refractivity contribution >= 4 is 5.91 Å². The molecule has 0 aromatic carbocycles. The van der Waals surface area contributed by atoms with Gasteiger partial charge in [0.1, 0.15) is 11.4 Å². The van der Waals surface area contributed by atoms with Gasteiger partial charge in [-0.15, -0.1) is 0 Å². The Morgan fingerprint density at radius 3 is 2.62 bits per heavy atom. The molecule has 1 aliphatic rings. The van der Waals surface area contributed by atoms with Gasteiger partial charge in [-0.1, -0.05) is 0 Å². The molecule has 5 heteroatoms. The van der Waals surface area contributed by atoms with Crippen LogP contribution in [-0.2, 0) is 0 Å². The summed E-state index contributed by atoms with van der Waals surface area (Å²) in [5.74, 6) is 0.678. The van der Waals surface area contributed by atoms with Crippen LogP contribution in [0.5, 0.6) is 5.75 Å². The SMILES string of the molecule is CCN(CC)C(=O)c1cc(OC2CCC(N)CC2)ccn1. The third-order valence-electron chi connectivity index (χ3n) is 4.02. The van der Waals surface area contributed by atoms with Crippen molar-refractivity contribution in [3.8, 4) is 5.75 Å². The summed E-state index contributed by atoms with van der Waals surface area (Å²) in [6, 6.07) is 3.87. The van der Waals surface area contributed by atoms with Gasteiger partial charge in [0.25, 0.3) is 5.91 Å². The topological polar surface area (TPSA) is 68.5 Å². The second-order valence-corrected chi connectivity index (χ2v) is 5.51. The number of carbonyl (C=O) groups excluding carboxylic acids is 1. The van der Waals surface area contributed by atoms with Crippen molar-refractivity contribution in [2.75, 3.05) is 13.1 Å². The Labute approximate surface area is 126 Å². The molecular weight excluding hydrogens is 266 g/mol. The molecule has 1 fully saturated rings. The number of hydrogen-bond donors (Lipinski definition) is 1. The van der Waals surface area contributed by atoms with Gasteiger partial charge in [-0.3, -0.25) is 9.78 Å². The van der Waals surface area contributed by atoms with E-state index in [2.05, 4.69) is 4.98 Å². The van der Waals surface area contributed by atoms with Crippen LogP contribution in [0.3, 0.4) is 0 Å². The average molecular weight is 291 g/mol. The Morgan fingerprint density at radius 2 is 2.00 bits per heavy atom. The zero-order chi connectivity index (χ0) is 15.2. The highest BCUT2D eigenvalue weighted by Crippen LogP contribution is 2.23. The maximum atomic E-state index is 12.3. The van der Waals surface area contributed by atoms with E-state index >= 15 is 0 Å². The lowest BCUT2D eigenvalue weighted by Gasteiger charge is -2.27. The number of aromatic nitrogens is 1. The van der Waals surface area contributed by atoms with Crippen LogP contribution in [0.2, 0.25) is 0 Å². The van der Waals surface area contributed by atoms with Gasteiger partial charge < -0.3 is 15.4 Å². The summed E-state index contributed by atoms with van der Waals surface area (Å²) in [5, 5.41) is 0. The largest absolute Gasteiger partial charge is 0.490 e. The number of nitrogens with two attached hydrogens (primary N) is 1. The molecule has 0 bridgehead atoms. The summed E-state index contributed by atoms with van der Waals surface area (Å²) in [6.45, 7) is 5.30. The van der Waals surface area contributed by atoms with E-state index in [1.165, 1.54) is 0 Å². The number of pyridine rings is 1. The lowest BCUT2D eigenvalue weighted by atomic mass is 9.94. The number of hydrogen-bond acceptors (Lipinski definition) is 4. The van der Waals surface area contributed by atoms with Crippen molar-refractivity contribution in [1.82, 2.24) is 9.88 Å². The molecule has 21 heavy (non-hydrogen) atoms. The predicted octanol–water partition coefficient (Wildman–Crippen LogP) is 2.21. The number of rotatable bonds is 5. The Morgan fingerprint density at radius 1 is 1.33 bits per heavy atom. The van der Waals surface area contributed by atoms with E-state index in [9.17, 15) is 4.79 Å². The van der Waals surface area contributed by atoms with Gasteiger partial charge in [-0.05, 0) is 45.6 Å². The molecule has 116 valence electrons. The van der Waals surface area contributed by atoms with Crippen LogP contribution < -0.4 is 10.5 Å². The van der Waals surface area contributed by atoms with E-state index in [0.717, 1.165) is 31.4 Å². The lowest BCUT2D eigenvalue weighted by molar-refractivity contribution is 0.0765.